The lowest BCUT2D eigenvalue weighted by molar-refractivity contribution is -0.121. The lowest BCUT2D eigenvalue weighted by atomic mass is 10.2. The highest BCUT2D eigenvalue weighted by Gasteiger charge is 2.23. The monoisotopic (exact) mass is 273 g/mol. The molecule has 7 nitrogen and oxygen atoms in total. The molecule has 1 heterocycles. The minimum atomic E-state index is -0.819. The Bertz CT molecular complexity index is 341. The first kappa shape index (κ1) is 14.8. The first-order chi connectivity index (χ1) is 8.40. The molecule has 1 saturated heterocycles. The van der Waals surface area contributed by atoms with E-state index in [1.807, 2.05) is 17.1 Å². The van der Waals surface area contributed by atoms with Crippen LogP contribution in [0.1, 0.15) is 6.92 Å². The molecule has 18 heavy (non-hydrogen) atoms. The van der Waals surface area contributed by atoms with E-state index >= 15 is 0 Å². The van der Waals surface area contributed by atoms with Crippen molar-refractivity contribution in [2.45, 2.75) is 13.0 Å². The summed E-state index contributed by atoms with van der Waals surface area (Å²) in [4.78, 5) is 26.5. The average Bonchev–Trinajstić information content (AvgIpc) is 2.27. The molecule has 0 saturated carbocycles. The van der Waals surface area contributed by atoms with Crippen molar-refractivity contribution in [3.63, 3.8) is 0 Å². The third-order valence-electron chi connectivity index (χ3n) is 3.00. The van der Waals surface area contributed by atoms with Gasteiger partial charge >= 0.3 is 6.03 Å². The maximum absolute atomic E-state index is 11.3. The Morgan fingerprint density at radius 3 is 2.28 bits per heavy atom. The highest BCUT2D eigenvalue weighted by atomic mass is 32.1. The summed E-state index contributed by atoms with van der Waals surface area (Å²) in [6.45, 7) is 5.21. The molecule has 102 valence electrons. The van der Waals surface area contributed by atoms with Gasteiger partial charge in [0.15, 0.2) is 0 Å². The number of hydrogen-bond donors (Lipinski definition) is 3. The zero-order valence-corrected chi connectivity index (χ0v) is 11.2. The fourth-order valence-electron chi connectivity index (χ4n) is 1.87. The summed E-state index contributed by atoms with van der Waals surface area (Å²) >= 11 is 4.95. The van der Waals surface area contributed by atoms with E-state index < -0.39 is 6.03 Å². The van der Waals surface area contributed by atoms with Crippen molar-refractivity contribution >= 4 is 29.1 Å². The maximum Gasteiger partial charge on any atom is 0.318 e. The summed E-state index contributed by atoms with van der Waals surface area (Å²) in [7, 11) is 0. The van der Waals surface area contributed by atoms with Crippen LogP contribution in [-0.2, 0) is 4.79 Å². The van der Waals surface area contributed by atoms with E-state index in [1.54, 1.807) is 0 Å². The Morgan fingerprint density at radius 2 is 1.83 bits per heavy atom. The zero-order chi connectivity index (χ0) is 13.7. The molecule has 0 bridgehead atoms. The second-order valence-electron chi connectivity index (χ2n) is 4.30. The predicted octanol–water partition coefficient (Wildman–Crippen LogP) is -1.53. The Hall–Kier alpha value is -1.25. The number of amides is 3. The van der Waals surface area contributed by atoms with Crippen LogP contribution in [0.25, 0.3) is 0 Å². The number of imide groups is 1. The molecular formula is C10H19N5O2S. The van der Waals surface area contributed by atoms with Gasteiger partial charge in [0.2, 0.25) is 5.91 Å². The smallest absolute Gasteiger partial charge is 0.318 e. The molecular weight excluding hydrogens is 254 g/mol. The molecule has 1 rings (SSSR count). The number of thiocarbonyl (C=S) groups is 1. The summed E-state index contributed by atoms with van der Waals surface area (Å²) in [5.41, 5.74) is 10.5. The third-order valence-corrected chi connectivity index (χ3v) is 3.34. The molecule has 0 aromatic carbocycles. The number of carbonyl (C=O) groups is 2. The van der Waals surface area contributed by atoms with Gasteiger partial charge in [0.05, 0.1) is 17.6 Å². The van der Waals surface area contributed by atoms with Crippen LogP contribution < -0.4 is 16.8 Å². The number of nitrogens with two attached hydrogens (primary N) is 2. The van der Waals surface area contributed by atoms with Crippen LogP contribution in [0.5, 0.6) is 0 Å². The summed E-state index contributed by atoms with van der Waals surface area (Å²) in [6.07, 6.45) is 0. The molecule has 0 aromatic heterocycles. The minimum absolute atomic E-state index is 0.0709. The van der Waals surface area contributed by atoms with E-state index in [-0.39, 0.29) is 18.5 Å². The summed E-state index contributed by atoms with van der Waals surface area (Å²) in [6, 6.07) is -0.748. The van der Waals surface area contributed by atoms with Gasteiger partial charge in [-0.2, -0.15) is 0 Å². The predicted molar refractivity (Wildman–Crippen MR) is 72.0 cm³/mol. The maximum atomic E-state index is 11.3. The number of urea groups is 1. The standard InChI is InChI=1S/C10H19N5O2S/c1-7(9(11)18)15-4-2-14(3-5-15)6-8(16)13-10(12)17/h7H,2-6H2,1H3,(H2,11,18)(H3,12,13,16,17). The lowest BCUT2D eigenvalue weighted by Crippen LogP contribution is -2.54. The van der Waals surface area contributed by atoms with Gasteiger partial charge < -0.3 is 11.5 Å². The zero-order valence-electron chi connectivity index (χ0n) is 10.4. The van der Waals surface area contributed by atoms with Gasteiger partial charge in [-0.05, 0) is 6.92 Å². The first-order valence-electron chi connectivity index (χ1n) is 5.75. The first-order valence-corrected chi connectivity index (χ1v) is 6.16. The number of nitrogens with zero attached hydrogens (tertiary/aromatic N) is 2. The number of rotatable bonds is 4. The molecule has 1 atom stereocenters. The lowest BCUT2D eigenvalue weighted by Gasteiger charge is -2.37. The largest absolute Gasteiger partial charge is 0.392 e. The quantitative estimate of drug-likeness (QED) is 0.537. The number of carbonyl (C=O) groups excluding carboxylic acids is 2. The molecule has 5 N–H and O–H groups in total. The molecule has 8 heteroatoms. The molecule has 0 spiro atoms. The third kappa shape index (κ3) is 4.55. The molecule has 1 unspecified atom stereocenters. The van der Waals surface area contributed by atoms with Crippen LogP contribution >= 0.6 is 12.2 Å². The van der Waals surface area contributed by atoms with Crippen molar-refractivity contribution in [2.24, 2.45) is 11.5 Å². The summed E-state index contributed by atoms with van der Waals surface area (Å²) in [5, 5.41) is 2.05. The SMILES string of the molecule is CC(C(N)=S)N1CCN(CC(=O)NC(N)=O)CC1. The van der Waals surface area contributed by atoms with Gasteiger partial charge in [-0.15, -0.1) is 0 Å². The van der Waals surface area contributed by atoms with Gasteiger partial charge in [0.1, 0.15) is 0 Å². The van der Waals surface area contributed by atoms with Crippen LogP contribution in [0.3, 0.4) is 0 Å². The number of nitrogens with one attached hydrogen (secondary N) is 1. The van der Waals surface area contributed by atoms with Gasteiger partial charge in [-0.1, -0.05) is 12.2 Å². The number of primary amides is 1. The summed E-state index contributed by atoms with van der Waals surface area (Å²) in [5.74, 6) is -0.377. The summed E-state index contributed by atoms with van der Waals surface area (Å²) < 4.78 is 0. The van der Waals surface area contributed by atoms with E-state index in [4.69, 9.17) is 23.7 Å². The fourth-order valence-corrected chi connectivity index (χ4v) is 2.02. The molecule has 1 aliphatic heterocycles. The van der Waals surface area contributed by atoms with Crippen molar-refractivity contribution in [3.05, 3.63) is 0 Å². The van der Waals surface area contributed by atoms with E-state index in [0.29, 0.717) is 4.99 Å². The highest BCUT2D eigenvalue weighted by molar-refractivity contribution is 7.80. The van der Waals surface area contributed by atoms with E-state index in [2.05, 4.69) is 4.90 Å². The second-order valence-corrected chi connectivity index (χ2v) is 4.77. The van der Waals surface area contributed by atoms with Crippen LogP contribution in [0.15, 0.2) is 0 Å². The average molecular weight is 273 g/mol. The molecule has 3 amide bonds. The molecule has 0 aliphatic carbocycles. The van der Waals surface area contributed by atoms with Gasteiger partial charge in [-0.25, -0.2) is 4.79 Å². The molecule has 1 aliphatic rings. The highest BCUT2D eigenvalue weighted by Crippen LogP contribution is 2.06. The van der Waals surface area contributed by atoms with Crippen LogP contribution in [0.4, 0.5) is 4.79 Å². The normalized spacial score (nSPS) is 19.2. The van der Waals surface area contributed by atoms with E-state index in [1.165, 1.54) is 0 Å². The number of piperazine rings is 1. The van der Waals surface area contributed by atoms with Crippen LogP contribution in [0, 0.1) is 0 Å². The Labute approximate surface area is 111 Å². The van der Waals surface area contributed by atoms with Crippen molar-refractivity contribution in [2.75, 3.05) is 32.7 Å². The van der Waals surface area contributed by atoms with E-state index in [0.717, 1.165) is 26.2 Å². The van der Waals surface area contributed by atoms with Gasteiger partial charge in [-0.3, -0.25) is 19.9 Å². The molecule has 1 fully saturated rings. The topological polar surface area (TPSA) is 105 Å². The van der Waals surface area contributed by atoms with E-state index in [9.17, 15) is 9.59 Å². The van der Waals surface area contributed by atoms with Crippen molar-refractivity contribution < 1.29 is 9.59 Å². The van der Waals surface area contributed by atoms with Gasteiger partial charge in [0.25, 0.3) is 0 Å². The Balaban J connectivity index is 2.33. The molecule has 0 radical (unpaired) electrons. The second kappa shape index (κ2) is 6.62. The van der Waals surface area contributed by atoms with Crippen molar-refractivity contribution in [1.82, 2.24) is 15.1 Å². The van der Waals surface area contributed by atoms with Gasteiger partial charge in [0, 0.05) is 26.2 Å². The Morgan fingerprint density at radius 1 is 1.28 bits per heavy atom. The van der Waals surface area contributed by atoms with Crippen molar-refractivity contribution in [1.29, 1.82) is 0 Å². The van der Waals surface area contributed by atoms with Crippen LogP contribution in [0.2, 0.25) is 0 Å². The fraction of sp³-hybridized carbons (Fsp3) is 0.700. The molecule has 0 aromatic rings. The Kier molecular flexibility index (Phi) is 5.45. The van der Waals surface area contributed by atoms with Crippen LogP contribution in [-0.4, -0.2) is 65.5 Å². The minimum Gasteiger partial charge on any atom is -0.392 e. The van der Waals surface area contributed by atoms with Crippen molar-refractivity contribution in [3.8, 4) is 0 Å². The number of hydrogen-bond acceptors (Lipinski definition) is 5.